The molecule has 1 aliphatic rings. The number of nitrogens with two attached hydrogens (primary N) is 2. The Kier molecular flexibility index (Phi) is 3.98. The monoisotopic (exact) mass is 338 g/mol. The third kappa shape index (κ3) is 2.33. The molecule has 1 aliphatic heterocycles. The molecule has 10 nitrogen and oxygen atoms in total. The average molecular weight is 338 g/mol. The highest BCUT2D eigenvalue weighted by atomic mass is 19.1. The minimum absolute atomic E-state index is 0.0180. The molecule has 0 radical (unpaired) electrons. The molecular formula is C13H15FN6O4. The van der Waals surface area contributed by atoms with Crippen molar-refractivity contribution in [2.24, 2.45) is 5.73 Å². The SMILES string of the molecule is Nc1nc2c(ncn2[C@@H]2O[C@H](CO)C(O)[C@]2(N)C#CCF)c(=O)[nH]1. The van der Waals surface area contributed by atoms with Crippen LogP contribution in [-0.4, -0.2) is 60.8 Å². The topological polar surface area (TPSA) is 165 Å². The van der Waals surface area contributed by atoms with Crippen LogP contribution >= 0.6 is 0 Å². The molecule has 0 saturated carbocycles. The number of alkyl halides is 1. The standard InChI is InChI=1S/C13H15FN6O4/c14-3-1-2-13(16)8(22)6(4-21)24-11(13)20-5-17-7-9(20)18-12(15)19-10(7)23/h5-6,8,11,21-22H,3-4,16H2,(H3,15,18,19,23)/t6-,8?,11-,13-/m1/s1. The molecule has 0 spiro atoms. The number of rotatable bonds is 2. The third-order valence-corrected chi connectivity index (χ3v) is 3.81. The largest absolute Gasteiger partial charge is 0.394 e. The second-order valence-corrected chi connectivity index (χ2v) is 5.30. The molecule has 7 N–H and O–H groups in total. The van der Waals surface area contributed by atoms with Crippen molar-refractivity contribution in [3.8, 4) is 11.8 Å². The van der Waals surface area contributed by atoms with E-state index < -0.39 is 42.8 Å². The van der Waals surface area contributed by atoms with Crippen molar-refractivity contribution in [1.29, 1.82) is 0 Å². The molecule has 4 atom stereocenters. The number of aliphatic hydroxyl groups excluding tert-OH is 2. The van der Waals surface area contributed by atoms with E-state index in [-0.39, 0.29) is 17.1 Å². The zero-order valence-electron chi connectivity index (χ0n) is 12.3. The summed E-state index contributed by atoms with van der Waals surface area (Å²) >= 11 is 0. The summed E-state index contributed by atoms with van der Waals surface area (Å²) in [4.78, 5) is 22.1. The van der Waals surface area contributed by atoms with Gasteiger partial charge < -0.3 is 26.4 Å². The van der Waals surface area contributed by atoms with Crippen molar-refractivity contribution < 1.29 is 19.3 Å². The molecule has 1 fully saturated rings. The van der Waals surface area contributed by atoms with Crippen LogP contribution in [0.2, 0.25) is 0 Å². The number of aliphatic hydroxyl groups is 2. The normalized spacial score (nSPS) is 29.6. The summed E-state index contributed by atoms with van der Waals surface area (Å²) in [6.07, 6.45) is -2.39. The Bertz CT molecular complexity index is 886. The maximum Gasteiger partial charge on any atom is 0.280 e. The van der Waals surface area contributed by atoms with Crippen LogP contribution in [0.5, 0.6) is 0 Å². The van der Waals surface area contributed by atoms with Gasteiger partial charge in [0, 0.05) is 0 Å². The summed E-state index contributed by atoms with van der Waals surface area (Å²) in [6.45, 7) is -1.51. The van der Waals surface area contributed by atoms with Crippen LogP contribution in [0.1, 0.15) is 6.23 Å². The molecule has 2 aromatic rings. The lowest BCUT2D eigenvalue weighted by Gasteiger charge is -2.27. The Hall–Kier alpha value is -2.52. The Morgan fingerprint density at radius 2 is 2.33 bits per heavy atom. The smallest absolute Gasteiger partial charge is 0.280 e. The van der Waals surface area contributed by atoms with Crippen LogP contribution in [0.4, 0.5) is 10.3 Å². The molecule has 1 unspecified atom stereocenters. The van der Waals surface area contributed by atoms with Crippen molar-refractivity contribution >= 4 is 17.1 Å². The molecule has 3 rings (SSSR count). The summed E-state index contributed by atoms with van der Waals surface area (Å²) in [5.74, 6) is 4.44. The van der Waals surface area contributed by atoms with Gasteiger partial charge in [-0.2, -0.15) is 4.98 Å². The Morgan fingerprint density at radius 1 is 1.58 bits per heavy atom. The maximum absolute atomic E-state index is 12.5. The molecule has 2 aromatic heterocycles. The first-order valence-electron chi connectivity index (χ1n) is 6.94. The van der Waals surface area contributed by atoms with Crippen LogP contribution in [0, 0.1) is 11.8 Å². The van der Waals surface area contributed by atoms with E-state index in [9.17, 15) is 19.4 Å². The highest BCUT2D eigenvalue weighted by Gasteiger charge is 2.54. The number of anilines is 1. The van der Waals surface area contributed by atoms with Gasteiger partial charge in [0.05, 0.1) is 12.9 Å². The highest BCUT2D eigenvalue weighted by molar-refractivity contribution is 5.70. The van der Waals surface area contributed by atoms with Gasteiger partial charge in [0.25, 0.3) is 5.56 Å². The average Bonchev–Trinajstić information content (AvgIpc) is 3.06. The minimum atomic E-state index is -1.74. The fourth-order valence-corrected chi connectivity index (χ4v) is 2.68. The molecule has 1 saturated heterocycles. The van der Waals surface area contributed by atoms with Gasteiger partial charge in [0.2, 0.25) is 5.95 Å². The molecule has 24 heavy (non-hydrogen) atoms. The fraction of sp³-hybridized carbons (Fsp3) is 0.462. The summed E-state index contributed by atoms with van der Waals surface area (Å²) in [5.41, 5.74) is 9.40. The van der Waals surface area contributed by atoms with E-state index in [1.54, 1.807) is 0 Å². The number of halogens is 1. The van der Waals surface area contributed by atoms with E-state index in [1.165, 1.54) is 10.9 Å². The predicted octanol–water partition coefficient (Wildman–Crippen LogP) is -2.38. The predicted molar refractivity (Wildman–Crippen MR) is 80.2 cm³/mol. The van der Waals surface area contributed by atoms with Crippen molar-refractivity contribution in [1.82, 2.24) is 19.5 Å². The second-order valence-electron chi connectivity index (χ2n) is 5.30. The molecular weight excluding hydrogens is 323 g/mol. The second kappa shape index (κ2) is 5.84. The van der Waals surface area contributed by atoms with Gasteiger partial charge >= 0.3 is 0 Å². The van der Waals surface area contributed by atoms with Crippen LogP contribution in [0.3, 0.4) is 0 Å². The number of hydrogen-bond donors (Lipinski definition) is 5. The number of aromatic amines is 1. The van der Waals surface area contributed by atoms with Crippen LogP contribution < -0.4 is 17.0 Å². The zero-order chi connectivity index (χ0) is 17.5. The first-order valence-corrected chi connectivity index (χ1v) is 6.94. The van der Waals surface area contributed by atoms with E-state index in [2.05, 4.69) is 26.8 Å². The number of ether oxygens (including phenoxy) is 1. The number of nitrogens with one attached hydrogen (secondary N) is 1. The first kappa shape index (κ1) is 16.3. The Balaban J connectivity index is 2.18. The number of H-pyrrole nitrogens is 1. The molecule has 3 heterocycles. The van der Waals surface area contributed by atoms with Crippen molar-refractivity contribution in [2.45, 2.75) is 24.0 Å². The van der Waals surface area contributed by atoms with Crippen molar-refractivity contribution in [3.05, 3.63) is 16.7 Å². The molecule has 11 heteroatoms. The molecule has 0 aliphatic carbocycles. The molecule has 0 bridgehead atoms. The highest BCUT2D eigenvalue weighted by Crippen LogP contribution is 2.37. The van der Waals surface area contributed by atoms with Gasteiger partial charge in [-0.15, -0.1) is 0 Å². The fourth-order valence-electron chi connectivity index (χ4n) is 2.68. The first-order chi connectivity index (χ1) is 11.4. The molecule has 128 valence electrons. The summed E-state index contributed by atoms with van der Waals surface area (Å²) in [5, 5.41) is 19.6. The summed E-state index contributed by atoms with van der Waals surface area (Å²) in [7, 11) is 0. The van der Waals surface area contributed by atoms with Crippen LogP contribution in [-0.2, 0) is 4.74 Å². The number of nitrogens with zero attached hydrogens (tertiary/aromatic N) is 3. The minimum Gasteiger partial charge on any atom is -0.394 e. The van der Waals surface area contributed by atoms with Gasteiger partial charge in [-0.05, 0) is 0 Å². The van der Waals surface area contributed by atoms with Gasteiger partial charge in [0.1, 0.15) is 18.9 Å². The van der Waals surface area contributed by atoms with Gasteiger partial charge in [-0.1, -0.05) is 11.8 Å². The lowest BCUT2D eigenvalue weighted by molar-refractivity contribution is -0.0447. The van der Waals surface area contributed by atoms with Gasteiger partial charge in [0.15, 0.2) is 22.9 Å². The van der Waals surface area contributed by atoms with E-state index in [0.29, 0.717) is 0 Å². The zero-order valence-corrected chi connectivity index (χ0v) is 12.3. The van der Waals surface area contributed by atoms with Gasteiger partial charge in [-0.25, -0.2) is 9.37 Å². The van der Waals surface area contributed by atoms with Crippen molar-refractivity contribution in [3.63, 3.8) is 0 Å². The van der Waals surface area contributed by atoms with Gasteiger partial charge in [-0.3, -0.25) is 14.3 Å². The number of nitrogen functional groups attached to an aromatic ring is 1. The van der Waals surface area contributed by atoms with E-state index >= 15 is 0 Å². The summed E-state index contributed by atoms with van der Waals surface area (Å²) in [6, 6.07) is 0. The Labute approximate surface area is 134 Å². The number of fused-ring (bicyclic) bond motifs is 1. The lowest BCUT2D eigenvalue weighted by Crippen LogP contribution is -2.53. The summed E-state index contributed by atoms with van der Waals surface area (Å²) < 4.78 is 19.3. The van der Waals surface area contributed by atoms with E-state index in [1.807, 2.05) is 0 Å². The lowest BCUT2D eigenvalue weighted by atomic mass is 9.91. The maximum atomic E-state index is 12.5. The number of aromatic nitrogens is 4. The Morgan fingerprint density at radius 3 is 3.00 bits per heavy atom. The molecule has 0 amide bonds. The quantitative estimate of drug-likeness (QED) is 0.379. The van der Waals surface area contributed by atoms with Crippen LogP contribution in [0.25, 0.3) is 11.2 Å². The van der Waals surface area contributed by atoms with E-state index in [0.717, 1.165) is 0 Å². The molecule has 0 aromatic carbocycles. The van der Waals surface area contributed by atoms with Crippen molar-refractivity contribution in [2.75, 3.05) is 19.0 Å². The number of imidazole rings is 1. The van der Waals surface area contributed by atoms with E-state index in [4.69, 9.17) is 16.2 Å². The number of hydrogen-bond acceptors (Lipinski definition) is 8. The van der Waals surface area contributed by atoms with Crippen LogP contribution in [0.15, 0.2) is 11.1 Å². The third-order valence-electron chi connectivity index (χ3n) is 3.81.